The van der Waals surface area contributed by atoms with E-state index < -0.39 is 10.1 Å². The lowest BCUT2D eigenvalue weighted by Gasteiger charge is -2.05. The van der Waals surface area contributed by atoms with Gasteiger partial charge in [0.1, 0.15) is 4.90 Å². The van der Waals surface area contributed by atoms with Crippen LogP contribution in [0.25, 0.3) is 10.9 Å². The average Bonchev–Trinajstić information content (AvgIpc) is 2.75. The number of aromatic amines is 1. The van der Waals surface area contributed by atoms with Crippen LogP contribution in [0.15, 0.2) is 29.3 Å². The molecule has 0 bridgehead atoms. The van der Waals surface area contributed by atoms with Gasteiger partial charge in [0, 0.05) is 17.1 Å². The van der Waals surface area contributed by atoms with Gasteiger partial charge in [-0.25, -0.2) is 0 Å². The van der Waals surface area contributed by atoms with Gasteiger partial charge in [-0.05, 0) is 25.1 Å². The number of Topliss-reactive ketones (excluding diaryl/α,β-unsaturated/α-hetero) is 1. The molecule has 2 rings (SSSR count). The summed E-state index contributed by atoms with van der Waals surface area (Å²) in [6.45, 7) is 1.44. The van der Waals surface area contributed by atoms with Crippen LogP contribution in [0.4, 0.5) is 0 Å². The van der Waals surface area contributed by atoms with Gasteiger partial charge in [-0.15, -0.1) is 0 Å². The summed E-state index contributed by atoms with van der Waals surface area (Å²) in [6, 6.07) is 4.53. The number of hydrogen-bond acceptors (Lipinski definition) is 4. The molecule has 0 unspecified atom stereocenters. The van der Waals surface area contributed by atoms with Crippen molar-refractivity contribution in [2.24, 2.45) is 0 Å². The summed E-state index contributed by atoms with van der Waals surface area (Å²) >= 11 is 0. The molecule has 0 aliphatic carbocycles. The molecular formula is C11H11NO4S. The van der Waals surface area contributed by atoms with Crippen LogP contribution in [-0.4, -0.2) is 26.3 Å². The maximum Gasteiger partial charge on any atom is 0.298 e. The van der Waals surface area contributed by atoms with Crippen LogP contribution in [0.2, 0.25) is 0 Å². The van der Waals surface area contributed by atoms with Gasteiger partial charge in [0.2, 0.25) is 0 Å². The van der Waals surface area contributed by atoms with Gasteiger partial charge in [0.05, 0.1) is 12.6 Å². The summed E-state index contributed by atoms with van der Waals surface area (Å²) < 4.78 is 27.8. The SMILES string of the molecule is COS(=O)(=O)c1ccc(C(C)=O)c2cc[nH]c12. The molecule has 1 aromatic carbocycles. The highest BCUT2D eigenvalue weighted by molar-refractivity contribution is 7.87. The van der Waals surface area contributed by atoms with Crippen molar-refractivity contribution < 1.29 is 17.4 Å². The second-order valence-corrected chi connectivity index (χ2v) is 5.24. The van der Waals surface area contributed by atoms with E-state index in [1.165, 1.54) is 19.1 Å². The zero-order chi connectivity index (χ0) is 12.6. The summed E-state index contributed by atoms with van der Waals surface area (Å²) in [5.74, 6) is -0.115. The van der Waals surface area contributed by atoms with Gasteiger partial charge in [0.25, 0.3) is 10.1 Å². The number of nitrogens with one attached hydrogen (secondary N) is 1. The fourth-order valence-electron chi connectivity index (χ4n) is 1.73. The molecule has 2 aromatic rings. The highest BCUT2D eigenvalue weighted by Crippen LogP contribution is 2.26. The topological polar surface area (TPSA) is 76.2 Å². The Hall–Kier alpha value is -1.66. The third kappa shape index (κ3) is 1.85. The number of H-pyrrole nitrogens is 1. The van der Waals surface area contributed by atoms with Crippen molar-refractivity contribution in [1.29, 1.82) is 0 Å². The molecule has 0 amide bonds. The Balaban J connectivity index is 2.83. The van der Waals surface area contributed by atoms with E-state index in [2.05, 4.69) is 9.17 Å². The highest BCUT2D eigenvalue weighted by Gasteiger charge is 2.19. The van der Waals surface area contributed by atoms with Gasteiger partial charge in [0.15, 0.2) is 5.78 Å². The first kappa shape index (κ1) is 11.8. The quantitative estimate of drug-likeness (QED) is 0.667. The fourth-order valence-corrected chi connectivity index (χ4v) is 2.57. The Labute approximate surface area is 98.5 Å². The summed E-state index contributed by atoms with van der Waals surface area (Å²) in [5, 5.41) is 0.579. The normalized spacial score (nSPS) is 11.9. The highest BCUT2D eigenvalue weighted by atomic mass is 32.2. The first-order valence-electron chi connectivity index (χ1n) is 4.89. The van der Waals surface area contributed by atoms with Crippen LogP contribution in [0, 0.1) is 0 Å². The monoisotopic (exact) mass is 253 g/mol. The summed E-state index contributed by atoms with van der Waals surface area (Å²) in [4.78, 5) is 14.2. The van der Waals surface area contributed by atoms with Gasteiger partial charge < -0.3 is 4.98 Å². The Morgan fingerprint density at radius 2 is 2.00 bits per heavy atom. The van der Waals surface area contributed by atoms with Crippen molar-refractivity contribution in [3.8, 4) is 0 Å². The predicted octanol–water partition coefficient (Wildman–Crippen LogP) is 1.71. The molecule has 17 heavy (non-hydrogen) atoms. The van der Waals surface area contributed by atoms with Crippen LogP contribution in [0.5, 0.6) is 0 Å². The largest absolute Gasteiger partial charge is 0.360 e. The van der Waals surface area contributed by atoms with Crippen LogP contribution in [0.3, 0.4) is 0 Å². The van der Waals surface area contributed by atoms with Crippen LogP contribution < -0.4 is 0 Å². The van der Waals surface area contributed by atoms with E-state index in [4.69, 9.17) is 0 Å². The molecule has 0 radical (unpaired) electrons. The smallest absolute Gasteiger partial charge is 0.298 e. The standard InChI is InChI=1S/C11H11NO4S/c1-7(13)8-3-4-10(17(14,15)16-2)11-9(8)5-6-12-11/h3-6,12H,1-2H3. The minimum Gasteiger partial charge on any atom is -0.360 e. The van der Waals surface area contributed by atoms with Crippen molar-refractivity contribution >= 4 is 26.8 Å². The maximum atomic E-state index is 11.7. The number of fused-ring (bicyclic) bond motifs is 1. The molecule has 1 heterocycles. The van der Waals surface area contributed by atoms with Crippen molar-refractivity contribution in [1.82, 2.24) is 4.98 Å². The third-order valence-electron chi connectivity index (χ3n) is 2.55. The third-order valence-corrected chi connectivity index (χ3v) is 3.87. The van der Waals surface area contributed by atoms with Gasteiger partial charge >= 0.3 is 0 Å². The molecular weight excluding hydrogens is 242 g/mol. The first-order chi connectivity index (χ1) is 7.97. The molecule has 1 aromatic heterocycles. The Kier molecular flexibility index (Phi) is 2.76. The molecule has 0 aliphatic heterocycles. The van der Waals surface area contributed by atoms with E-state index in [1.807, 2.05) is 0 Å². The van der Waals surface area contributed by atoms with E-state index in [0.29, 0.717) is 16.5 Å². The van der Waals surface area contributed by atoms with Gasteiger partial charge in [-0.2, -0.15) is 8.42 Å². The lowest BCUT2D eigenvalue weighted by molar-refractivity contribution is 0.101. The van der Waals surface area contributed by atoms with Crippen molar-refractivity contribution in [3.05, 3.63) is 30.0 Å². The van der Waals surface area contributed by atoms with E-state index in [1.54, 1.807) is 12.3 Å². The lowest BCUT2D eigenvalue weighted by atomic mass is 10.1. The van der Waals surface area contributed by atoms with Crippen LogP contribution in [0.1, 0.15) is 17.3 Å². The summed E-state index contributed by atoms with van der Waals surface area (Å²) in [7, 11) is -2.68. The molecule has 0 spiro atoms. The number of rotatable bonds is 3. The molecule has 0 aliphatic rings. The zero-order valence-electron chi connectivity index (χ0n) is 9.35. The Morgan fingerprint density at radius 1 is 1.29 bits per heavy atom. The number of benzene rings is 1. The number of aromatic nitrogens is 1. The lowest BCUT2D eigenvalue weighted by Crippen LogP contribution is -2.05. The number of ketones is 1. The fraction of sp³-hybridized carbons (Fsp3) is 0.182. The van der Waals surface area contributed by atoms with Crippen molar-refractivity contribution in [3.63, 3.8) is 0 Å². The second kappa shape index (κ2) is 3.97. The average molecular weight is 253 g/mol. The number of hydrogen-bond donors (Lipinski definition) is 1. The van der Waals surface area contributed by atoms with Crippen molar-refractivity contribution in [2.75, 3.05) is 7.11 Å². The Morgan fingerprint density at radius 3 is 2.59 bits per heavy atom. The Bertz CT molecular complexity index is 685. The van der Waals surface area contributed by atoms with Gasteiger partial charge in [-0.3, -0.25) is 8.98 Å². The van der Waals surface area contributed by atoms with Gasteiger partial charge in [-0.1, -0.05) is 0 Å². The van der Waals surface area contributed by atoms with E-state index in [-0.39, 0.29) is 10.7 Å². The zero-order valence-corrected chi connectivity index (χ0v) is 10.2. The number of carbonyl (C=O) groups excluding carboxylic acids is 1. The maximum absolute atomic E-state index is 11.7. The molecule has 6 heteroatoms. The van der Waals surface area contributed by atoms with Crippen molar-refractivity contribution in [2.45, 2.75) is 11.8 Å². The number of carbonyl (C=O) groups is 1. The molecule has 1 N–H and O–H groups in total. The van der Waals surface area contributed by atoms with Crippen LogP contribution in [-0.2, 0) is 14.3 Å². The minimum atomic E-state index is -3.78. The summed E-state index contributed by atoms with van der Waals surface area (Å²) in [6.07, 6.45) is 1.59. The molecule has 0 fully saturated rings. The second-order valence-electron chi connectivity index (χ2n) is 3.55. The molecule has 5 nitrogen and oxygen atoms in total. The summed E-state index contributed by atoms with van der Waals surface area (Å²) in [5.41, 5.74) is 0.871. The predicted molar refractivity (Wildman–Crippen MR) is 62.5 cm³/mol. The molecule has 0 saturated carbocycles. The van der Waals surface area contributed by atoms with E-state index >= 15 is 0 Å². The molecule has 90 valence electrons. The molecule has 0 saturated heterocycles. The minimum absolute atomic E-state index is 0.0324. The first-order valence-corrected chi connectivity index (χ1v) is 6.30. The van der Waals surface area contributed by atoms with E-state index in [0.717, 1.165) is 7.11 Å². The van der Waals surface area contributed by atoms with Crippen LogP contribution >= 0.6 is 0 Å². The van der Waals surface area contributed by atoms with E-state index in [9.17, 15) is 13.2 Å². The molecule has 0 atom stereocenters.